The second-order valence-electron chi connectivity index (χ2n) is 3.77. The number of nitrogens with zero attached hydrogens (tertiary/aromatic N) is 2. The van der Waals surface area contributed by atoms with Gasteiger partial charge in [-0.1, -0.05) is 22.9 Å². The van der Waals surface area contributed by atoms with E-state index in [9.17, 15) is 22.0 Å². The molecule has 0 N–H and O–H groups in total. The molecule has 2 aromatic rings. The third kappa shape index (κ3) is 2.30. The van der Waals surface area contributed by atoms with Gasteiger partial charge in [-0.25, -0.2) is 22.0 Å². The van der Waals surface area contributed by atoms with Crippen LogP contribution in [0.1, 0.15) is 24.1 Å². The van der Waals surface area contributed by atoms with E-state index in [1.54, 1.807) is 6.92 Å². The second-order valence-corrected chi connectivity index (χ2v) is 4.87. The van der Waals surface area contributed by atoms with Crippen molar-refractivity contribution in [3.05, 3.63) is 35.0 Å². The van der Waals surface area contributed by atoms with E-state index in [1.807, 2.05) is 0 Å². The summed E-state index contributed by atoms with van der Waals surface area (Å²) in [4.78, 5) is -0.384. The minimum Gasteiger partial charge on any atom is -0.419 e. The van der Waals surface area contributed by atoms with Crippen LogP contribution < -0.4 is 0 Å². The Morgan fingerprint density at radius 2 is 1.45 bits per heavy atom. The SMILES string of the molecule is CCC(Br)c1nnc(-c2c(F)c(F)c(F)c(F)c2F)o1. The van der Waals surface area contributed by atoms with Gasteiger partial charge in [-0.15, -0.1) is 10.2 Å². The molecular weight excluding hydrogens is 351 g/mol. The Kier molecular flexibility index (Phi) is 4.07. The molecule has 1 atom stereocenters. The fraction of sp³-hybridized carbons (Fsp3) is 0.273. The third-order valence-corrected chi connectivity index (χ3v) is 3.53. The minimum absolute atomic E-state index is 0.0218. The number of aromatic nitrogens is 2. The lowest BCUT2D eigenvalue weighted by Gasteiger charge is -2.04. The predicted octanol–water partition coefficient (Wildman–Crippen LogP) is 4.28. The van der Waals surface area contributed by atoms with Gasteiger partial charge in [-0.05, 0) is 6.42 Å². The molecule has 1 unspecified atom stereocenters. The maximum Gasteiger partial charge on any atom is 0.253 e. The molecule has 108 valence electrons. The van der Waals surface area contributed by atoms with Crippen molar-refractivity contribution in [3.63, 3.8) is 0 Å². The zero-order valence-electron chi connectivity index (χ0n) is 9.85. The fourth-order valence-electron chi connectivity index (χ4n) is 1.43. The summed E-state index contributed by atoms with van der Waals surface area (Å²) in [6.45, 7) is 1.77. The molecule has 0 fully saturated rings. The van der Waals surface area contributed by atoms with Crippen molar-refractivity contribution in [3.8, 4) is 11.5 Å². The molecule has 9 heteroatoms. The van der Waals surface area contributed by atoms with Crippen LogP contribution in [0, 0.1) is 29.1 Å². The Morgan fingerprint density at radius 3 is 1.95 bits per heavy atom. The largest absolute Gasteiger partial charge is 0.419 e. The summed E-state index contributed by atoms with van der Waals surface area (Å²) >= 11 is 3.16. The van der Waals surface area contributed by atoms with E-state index in [0.717, 1.165) is 0 Å². The van der Waals surface area contributed by atoms with E-state index >= 15 is 0 Å². The van der Waals surface area contributed by atoms with Crippen molar-refractivity contribution in [2.45, 2.75) is 18.2 Å². The Hall–Kier alpha value is -1.51. The lowest BCUT2D eigenvalue weighted by Crippen LogP contribution is -2.04. The first kappa shape index (κ1) is 14.9. The summed E-state index contributed by atoms with van der Waals surface area (Å²) in [7, 11) is 0. The van der Waals surface area contributed by atoms with E-state index in [1.165, 1.54) is 0 Å². The highest BCUT2D eigenvalue weighted by atomic mass is 79.9. The Morgan fingerprint density at radius 1 is 0.950 bits per heavy atom. The van der Waals surface area contributed by atoms with Gasteiger partial charge in [0.1, 0.15) is 5.56 Å². The van der Waals surface area contributed by atoms with Gasteiger partial charge in [-0.3, -0.25) is 0 Å². The Balaban J connectivity index is 2.61. The predicted molar refractivity (Wildman–Crippen MR) is 61.5 cm³/mol. The first-order chi connectivity index (χ1) is 9.38. The summed E-state index contributed by atoms with van der Waals surface area (Å²) < 4.78 is 71.0. The number of alkyl halides is 1. The van der Waals surface area contributed by atoms with Gasteiger partial charge < -0.3 is 4.42 Å². The first-order valence-corrected chi connectivity index (χ1v) is 6.29. The zero-order valence-corrected chi connectivity index (χ0v) is 11.4. The first-order valence-electron chi connectivity index (χ1n) is 5.37. The smallest absolute Gasteiger partial charge is 0.253 e. The van der Waals surface area contributed by atoms with Gasteiger partial charge in [-0.2, -0.15) is 0 Å². The van der Waals surface area contributed by atoms with Crippen molar-refractivity contribution in [2.75, 3.05) is 0 Å². The molecule has 0 aliphatic rings. The molecule has 3 nitrogen and oxygen atoms in total. The van der Waals surface area contributed by atoms with Crippen molar-refractivity contribution < 1.29 is 26.4 Å². The molecule has 2 rings (SSSR count). The molecule has 0 aliphatic heterocycles. The van der Waals surface area contributed by atoms with E-state index in [2.05, 4.69) is 26.1 Å². The van der Waals surface area contributed by atoms with E-state index in [0.29, 0.717) is 6.42 Å². The molecule has 0 spiro atoms. The van der Waals surface area contributed by atoms with Crippen LogP contribution in [0.25, 0.3) is 11.5 Å². The van der Waals surface area contributed by atoms with Crippen LogP contribution >= 0.6 is 15.9 Å². The van der Waals surface area contributed by atoms with Crippen LogP contribution in [0.4, 0.5) is 22.0 Å². The monoisotopic (exact) mass is 356 g/mol. The third-order valence-electron chi connectivity index (χ3n) is 2.49. The molecule has 0 amide bonds. The average molecular weight is 357 g/mol. The fourth-order valence-corrected chi connectivity index (χ4v) is 1.61. The van der Waals surface area contributed by atoms with Crippen molar-refractivity contribution in [2.24, 2.45) is 0 Å². The van der Waals surface area contributed by atoms with Gasteiger partial charge in [0.2, 0.25) is 11.7 Å². The Labute approximate surface area is 117 Å². The van der Waals surface area contributed by atoms with Crippen LogP contribution in [0.5, 0.6) is 0 Å². The van der Waals surface area contributed by atoms with E-state index < -0.39 is 40.5 Å². The number of rotatable bonds is 3. The topological polar surface area (TPSA) is 38.9 Å². The molecule has 20 heavy (non-hydrogen) atoms. The summed E-state index contributed by atoms with van der Waals surface area (Å²) in [6, 6.07) is 0. The van der Waals surface area contributed by atoms with Gasteiger partial charge in [0.25, 0.3) is 5.89 Å². The van der Waals surface area contributed by atoms with Crippen LogP contribution in [0.2, 0.25) is 0 Å². The van der Waals surface area contributed by atoms with E-state index in [4.69, 9.17) is 4.42 Å². The molecule has 0 aliphatic carbocycles. The molecule has 0 radical (unpaired) electrons. The Bertz CT molecular complexity index is 631. The summed E-state index contributed by atoms with van der Waals surface area (Å²) in [6.07, 6.45) is 0.527. The summed E-state index contributed by atoms with van der Waals surface area (Å²) in [5, 5.41) is 6.80. The van der Waals surface area contributed by atoms with Crippen molar-refractivity contribution in [1.82, 2.24) is 10.2 Å². The molecular formula is C11H6BrF5N2O. The summed E-state index contributed by atoms with van der Waals surface area (Å²) in [5.41, 5.74) is -1.24. The number of hydrogen-bond donors (Lipinski definition) is 0. The van der Waals surface area contributed by atoms with Crippen LogP contribution in [-0.4, -0.2) is 10.2 Å². The number of hydrogen-bond acceptors (Lipinski definition) is 3. The van der Waals surface area contributed by atoms with Gasteiger partial charge in [0.05, 0.1) is 4.83 Å². The highest BCUT2D eigenvalue weighted by molar-refractivity contribution is 9.09. The minimum atomic E-state index is -2.24. The zero-order chi connectivity index (χ0) is 15.0. The highest BCUT2D eigenvalue weighted by Crippen LogP contribution is 2.33. The normalized spacial score (nSPS) is 12.8. The quantitative estimate of drug-likeness (QED) is 0.356. The maximum atomic E-state index is 13.5. The molecule has 0 saturated carbocycles. The second kappa shape index (κ2) is 5.47. The lowest BCUT2D eigenvalue weighted by atomic mass is 10.1. The van der Waals surface area contributed by atoms with Crippen LogP contribution in [0.3, 0.4) is 0 Å². The van der Waals surface area contributed by atoms with Gasteiger partial charge in [0.15, 0.2) is 23.3 Å². The molecule has 0 bridgehead atoms. The van der Waals surface area contributed by atoms with Crippen molar-refractivity contribution >= 4 is 15.9 Å². The number of halogens is 6. The number of benzene rings is 1. The molecule has 1 heterocycles. The van der Waals surface area contributed by atoms with Gasteiger partial charge >= 0.3 is 0 Å². The highest BCUT2D eigenvalue weighted by Gasteiger charge is 2.30. The lowest BCUT2D eigenvalue weighted by molar-refractivity contribution is 0.377. The van der Waals surface area contributed by atoms with Crippen molar-refractivity contribution in [1.29, 1.82) is 0 Å². The van der Waals surface area contributed by atoms with Gasteiger partial charge in [0, 0.05) is 0 Å². The molecule has 1 aromatic carbocycles. The molecule has 1 aromatic heterocycles. The summed E-state index contributed by atoms with van der Waals surface area (Å²) in [5.74, 6) is -11.2. The van der Waals surface area contributed by atoms with Crippen LogP contribution in [-0.2, 0) is 0 Å². The average Bonchev–Trinajstić information content (AvgIpc) is 2.92. The maximum absolute atomic E-state index is 13.5. The van der Waals surface area contributed by atoms with Crippen LogP contribution in [0.15, 0.2) is 4.42 Å². The standard InChI is InChI=1S/C11H6BrF5N2O/c1-2-3(12)10-18-19-11(20-10)4-5(13)7(15)9(17)8(16)6(4)14/h3H,2H2,1H3. The van der Waals surface area contributed by atoms with E-state index in [-0.39, 0.29) is 10.7 Å². The molecule has 0 saturated heterocycles.